The molecule has 7 nitrogen and oxygen atoms in total. The van der Waals surface area contributed by atoms with Crippen molar-refractivity contribution in [3.05, 3.63) is 22.4 Å². The van der Waals surface area contributed by atoms with Crippen molar-refractivity contribution in [3.63, 3.8) is 0 Å². The predicted molar refractivity (Wildman–Crippen MR) is 143 cm³/mol. The van der Waals surface area contributed by atoms with Crippen LogP contribution in [0.25, 0.3) is 0 Å². The van der Waals surface area contributed by atoms with E-state index in [0.717, 1.165) is 45.0 Å². The van der Waals surface area contributed by atoms with E-state index in [2.05, 4.69) is 38.0 Å². The van der Waals surface area contributed by atoms with E-state index in [1.165, 1.54) is 30.8 Å². The van der Waals surface area contributed by atoms with E-state index in [4.69, 9.17) is 4.74 Å². The zero-order valence-corrected chi connectivity index (χ0v) is 23.1. The molecule has 3 heterocycles. The molecule has 2 saturated heterocycles. The summed E-state index contributed by atoms with van der Waals surface area (Å²) in [6, 6.07) is 4.76. The first-order chi connectivity index (χ1) is 14.9. The van der Waals surface area contributed by atoms with E-state index in [9.17, 15) is 4.79 Å². The molecular weight excluding hydrogens is 537 g/mol. The maximum Gasteiger partial charge on any atom is 0.410 e. The summed E-state index contributed by atoms with van der Waals surface area (Å²) >= 11 is 1.83. The zero-order valence-electron chi connectivity index (χ0n) is 19.9. The molecule has 32 heavy (non-hydrogen) atoms. The molecular formula is C23H40IN5O2S. The lowest BCUT2D eigenvalue weighted by Crippen LogP contribution is -2.48. The number of carbonyl (C=O) groups is 1. The molecule has 0 bridgehead atoms. The first-order valence-corrected chi connectivity index (χ1v) is 12.4. The van der Waals surface area contributed by atoms with Gasteiger partial charge in [-0.3, -0.25) is 9.89 Å². The van der Waals surface area contributed by atoms with E-state index in [1.54, 1.807) is 0 Å². The van der Waals surface area contributed by atoms with Crippen LogP contribution in [0, 0.1) is 5.92 Å². The number of nitrogens with one attached hydrogen (secondary N) is 2. The summed E-state index contributed by atoms with van der Waals surface area (Å²) in [5.41, 5.74) is -0.456. The number of rotatable bonds is 6. The number of carbonyl (C=O) groups excluding carboxylic acids is 1. The molecule has 2 atom stereocenters. The van der Waals surface area contributed by atoms with Gasteiger partial charge in [-0.05, 0) is 76.9 Å². The largest absolute Gasteiger partial charge is 0.444 e. The Hall–Kier alpha value is -1.07. The van der Waals surface area contributed by atoms with Gasteiger partial charge in [0.25, 0.3) is 0 Å². The molecule has 2 N–H and O–H groups in total. The van der Waals surface area contributed by atoms with Crippen LogP contribution in [0.2, 0.25) is 0 Å². The molecule has 0 saturated carbocycles. The molecule has 0 aliphatic carbocycles. The summed E-state index contributed by atoms with van der Waals surface area (Å²) in [6.45, 7) is 11.2. The van der Waals surface area contributed by atoms with Crippen LogP contribution in [0.15, 0.2) is 22.5 Å². The molecule has 2 unspecified atom stereocenters. The third-order valence-corrected chi connectivity index (χ3v) is 6.84. The number of amides is 1. The molecule has 9 heteroatoms. The van der Waals surface area contributed by atoms with Gasteiger partial charge in [-0.2, -0.15) is 0 Å². The molecule has 182 valence electrons. The normalized spacial score (nSPS) is 21.1. The van der Waals surface area contributed by atoms with Crippen LogP contribution in [-0.2, 0) is 4.74 Å². The highest BCUT2D eigenvalue weighted by atomic mass is 127. The van der Waals surface area contributed by atoms with Crippen molar-refractivity contribution in [1.82, 2.24) is 20.4 Å². The summed E-state index contributed by atoms with van der Waals surface area (Å²) < 4.78 is 5.55. The molecule has 2 aliphatic heterocycles. The fourth-order valence-corrected chi connectivity index (χ4v) is 5.18. The Morgan fingerprint density at radius 3 is 2.62 bits per heavy atom. The second kappa shape index (κ2) is 13.0. The Balaban J connectivity index is 0.00000363. The highest BCUT2D eigenvalue weighted by molar-refractivity contribution is 14.0. The third kappa shape index (κ3) is 8.37. The topological polar surface area (TPSA) is 69.2 Å². The van der Waals surface area contributed by atoms with Crippen molar-refractivity contribution in [3.8, 4) is 0 Å². The lowest BCUT2D eigenvalue weighted by molar-refractivity contribution is 0.0168. The maximum atomic E-state index is 12.4. The van der Waals surface area contributed by atoms with Gasteiger partial charge < -0.3 is 20.3 Å². The Labute approximate surface area is 214 Å². The first kappa shape index (κ1) is 27.2. The van der Waals surface area contributed by atoms with E-state index in [1.807, 2.05) is 44.1 Å². The van der Waals surface area contributed by atoms with Crippen LogP contribution >= 0.6 is 35.3 Å². The lowest BCUT2D eigenvalue weighted by Gasteiger charge is -2.34. The number of ether oxygens (including phenoxy) is 1. The number of hydrogen-bond donors (Lipinski definition) is 2. The van der Waals surface area contributed by atoms with Gasteiger partial charge in [-0.25, -0.2) is 4.79 Å². The number of halogens is 1. The van der Waals surface area contributed by atoms with E-state index >= 15 is 0 Å². The zero-order chi connectivity index (χ0) is 22.3. The van der Waals surface area contributed by atoms with Gasteiger partial charge in [0, 0.05) is 38.1 Å². The Bertz CT molecular complexity index is 716. The van der Waals surface area contributed by atoms with Crippen molar-refractivity contribution < 1.29 is 9.53 Å². The minimum Gasteiger partial charge on any atom is -0.444 e. The number of likely N-dealkylation sites (tertiary alicyclic amines) is 2. The van der Waals surface area contributed by atoms with E-state index in [-0.39, 0.29) is 30.1 Å². The van der Waals surface area contributed by atoms with Crippen molar-refractivity contribution >= 4 is 47.4 Å². The van der Waals surface area contributed by atoms with Gasteiger partial charge >= 0.3 is 6.09 Å². The van der Waals surface area contributed by atoms with Gasteiger partial charge in [0.2, 0.25) is 0 Å². The van der Waals surface area contributed by atoms with Crippen LogP contribution in [0.5, 0.6) is 0 Å². The molecule has 0 aromatic carbocycles. The SMILES string of the molecule is CN=C(NCC1CCCN(C(=O)OC(C)(C)C)C1)NCC(c1cccs1)N1CCCC1.I. The predicted octanol–water partition coefficient (Wildman–Crippen LogP) is 4.32. The van der Waals surface area contributed by atoms with Crippen LogP contribution in [0.1, 0.15) is 57.4 Å². The van der Waals surface area contributed by atoms with Gasteiger partial charge in [0.15, 0.2) is 5.96 Å². The minimum atomic E-state index is -0.456. The van der Waals surface area contributed by atoms with Gasteiger partial charge in [0.1, 0.15) is 5.60 Å². The van der Waals surface area contributed by atoms with Crippen molar-refractivity contribution in [1.29, 1.82) is 0 Å². The van der Waals surface area contributed by atoms with E-state index in [0.29, 0.717) is 12.0 Å². The highest BCUT2D eigenvalue weighted by Crippen LogP contribution is 2.27. The fourth-order valence-electron chi connectivity index (χ4n) is 4.32. The van der Waals surface area contributed by atoms with Crippen molar-refractivity contribution in [2.75, 3.05) is 46.3 Å². The third-order valence-electron chi connectivity index (χ3n) is 5.87. The summed E-state index contributed by atoms with van der Waals surface area (Å²) in [6.07, 6.45) is 4.47. The summed E-state index contributed by atoms with van der Waals surface area (Å²) in [5, 5.41) is 9.18. The summed E-state index contributed by atoms with van der Waals surface area (Å²) in [7, 11) is 1.82. The average Bonchev–Trinajstić information content (AvgIpc) is 3.44. The van der Waals surface area contributed by atoms with Gasteiger partial charge in [0.05, 0.1) is 6.04 Å². The van der Waals surface area contributed by atoms with Gasteiger partial charge in [-0.1, -0.05) is 6.07 Å². The van der Waals surface area contributed by atoms with Crippen LogP contribution in [0.4, 0.5) is 4.79 Å². The number of piperidine rings is 1. The number of hydrogen-bond acceptors (Lipinski definition) is 5. The maximum absolute atomic E-state index is 12.4. The molecule has 0 spiro atoms. The number of guanidine groups is 1. The van der Waals surface area contributed by atoms with Crippen LogP contribution < -0.4 is 10.6 Å². The highest BCUT2D eigenvalue weighted by Gasteiger charge is 2.28. The monoisotopic (exact) mass is 577 g/mol. The van der Waals surface area contributed by atoms with Crippen molar-refractivity contribution in [2.45, 2.75) is 58.1 Å². The molecule has 1 aromatic rings. The number of aliphatic imine (C=N–C) groups is 1. The van der Waals surface area contributed by atoms with E-state index < -0.39 is 5.60 Å². The molecule has 1 aromatic heterocycles. The standard InChI is InChI=1S/C23H39N5O2S.HI/c1-23(2,3)30-22(29)28-13-7-9-18(17-28)15-25-21(24-4)26-16-19(20-10-8-14-31-20)27-11-5-6-12-27;/h8,10,14,18-19H,5-7,9,11-13,15-17H2,1-4H3,(H2,24,25,26);1H. The average molecular weight is 578 g/mol. The quantitative estimate of drug-likeness (QED) is 0.300. The molecule has 2 aliphatic rings. The molecule has 2 fully saturated rings. The second-order valence-electron chi connectivity index (χ2n) is 9.54. The smallest absolute Gasteiger partial charge is 0.410 e. The summed E-state index contributed by atoms with van der Waals surface area (Å²) in [5.74, 6) is 1.22. The first-order valence-electron chi connectivity index (χ1n) is 11.6. The number of nitrogens with zero attached hydrogens (tertiary/aromatic N) is 3. The second-order valence-corrected chi connectivity index (χ2v) is 10.5. The summed E-state index contributed by atoms with van der Waals surface area (Å²) in [4.78, 5) is 22.7. The Morgan fingerprint density at radius 2 is 2.00 bits per heavy atom. The number of thiophene rings is 1. The van der Waals surface area contributed by atoms with Crippen molar-refractivity contribution in [2.24, 2.45) is 10.9 Å². The molecule has 3 rings (SSSR count). The Kier molecular flexibility index (Phi) is 11.0. The molecule has 0 radical (unpaired) electrons. The minimum absolute atomic E-state index is 0. The van der Waals surface area contributed by atoms with Gasteiger partial charge in [-0.15, -0.1) is 35.3 Å². The van der Waals surface area contributed by atoms with Crippen LogP contribution in [-0.4, -0.2) is 73.8 Å². The molecule has 1 amide bonds. The lowest BCUT2D eigenvalue weighted by atomic mass is 9.98. The van der Waals surface area contributed by atoms with Crippen LogP contribution in [0.3, 0.4) is 0 Å². The Morgan fingerprint density at radius 1 is 1.25 bits per heavy atom. The fraction of sp³-hybridized carbons (Fsp3) is 0.739.